The van der Waals surface area contributed by atoms with Crippen molar-refractivity contribution >= 4 is 21.6 Å². The van der Waals surface area contributed by atoms with E-state index < -0.39 is 10.0 Å². The molecule has 1 spiro atoms. The number of ether oxygens (including phenoxy) is 2. The van der Waals surface area contributed by atoms with Crippen LogP contribution in [0.4, 0.5) is 5.69 Å². The lowest BCUT2D eigenvalue weighted by Gasteiger charge is -2.44. The number of hydrogen-bond donors (Lipinski definition) is 1. The number of likely N-dealkylation sites (tertiary alicyclic amines) is 1. The first kappa shape index (κ1) is 26.3. The van der Waals surface area contributed by atoms with Gasteiger partial charge in [-0.25, -0.2) is 8.42 Å². The molecule has 1 N–H and O–H groups in total. The van der Waals surface area contributed by atoms with Crippen LogP contribution >= 0.6 is 0 Å². The topological polar surface area (TPSA) is 88.2 Å². The van der Waals surface area contributed by atoms with Crippen molar-refractivity contribution in [2.75, 3.05) is 44.6 Å². The number of anilines is 1. The molecule has 37 heavy (non-hydrogen) atoms. The lowest BCUT2D eigenvalue weighted by atomic mass is 9.85. The van der Waals surface area contributed by atoms with Gasteiger partial charge in [0.05, 0.1) is 29.8 Å². The standard InChI is InChI=1S/C28H37N3O5S/c32-27(29-24-10-12-25(13-11-24)37(33,34)31-16-5-2-6-17-31)21-30-18-15-28(14-7-19-36-28)26(20-30)35-22-23-8-3-1-4-9-23/h1,3-4,8-13,26H,2,5-7,14-22H2,(H,29,32)/t26-,28+/m1/s1. The largest absolute Gasteiger partial charge is 0.372 e. The number of rotatable bonds is 8. The van der Waals surface area contributed by atoms with Crippen LogP contribution in [0.5, 0.6) is 0 Å². The molecule has 200 valence electrons. The molecule has 2 aromatic rings. The van der Waals surface area contributed by atoms with Crippen LogP contribution in [0.25, 0.3) is 0 Å². The zero-order chi connectivity index (χ0) is 25.7. The first-order valence-electron chi connectivity index (χ1n) is 13.4. The van der Waals surface area contributed by atoms with E-state index in [0.29, 0.717) is 31.9 Å². The Bertz CT molecular complexity index is 1140. The van der Waals surface area contributed by atoms with E-state index in [4.69, 9.17) is 9.47 Å². The molecular formula is C28H37N3O5S. The average molecular weight is 528 g/mol. The number of hydrogen-bond acceptors (Lipinski definition) is 6. The number of nitrogens with zero attached hydrogens (tertiary/aromatic N) is 2. The first-order chi connectivity index (χ1) is 17.9. The highest BCUT2D eigenvalue weighted by Gasteiger charge is 2.47. The fourth-order valence-electron chi connectivity index (χ4n) is 5.66. The second-order valence-corrected chi connectivity index (χ2v) is 12.3. The summed E-state index contributed by atoms with van der Waals surface area (Å²) in [6.45, 7) is 4.06. The third kappa shape index (κ3) is 6.23. The molecule has 3 aliphatic heterocycles. The van der Waals surface area contributed by atoms with Gasteiger partial charge < -0.3 is 14.8 Å². The van der Waals surface area contributed by atoms with Gasteiger partial charge in [-0.15, -0.1) is 0 Å². The van der Waals surface area contributed by atoms with Gasteiger partial charge in [0.1, 0.15) is 0 Å². The summed E-state index contributed by atoms with van der Waals surface area (Å²) in [4.78, 5) is 15.2. The molecule has 8 nitrogen and oxygen atoms in total. The number of carbonyl (C=O) groups excluding carboxylic acids is 1. The first-order valence-corrected chi connectivity index (χ1v) is 14.8. The summed E-state index contributed by atoms with van der Waals surface area (Å²) in [5.41, 5.74) is 1.44. The van der Waals surface area contributed by atoms with Crippen molar-refractivity contribution in [1.29, 1.82) is 0 Å². The molecule has 3 heterocycles. The average Bonchev–Trinajstić information content (AvgIpc) is 3.40. The molecule has 9 heteroatoms. The number of sulfonamides is 1. The Balaban J connectivity index is 1.17. The molecule has 5 rings (SSSR count). The van der Waals surface area contributed by atoms with Crippen LogP contribution in [0.2, 0.25) is 0 Å². The summed E-state index contributed by atoms with van der Waals surface area (Å²) in [5, 5.41) is 2.92. The van der Waals surface area contributed by atoms with Gasteiger partial charge in [0.25, 0.3) is 0 Å². The molecule has 3 aliphatic rings. The number of nitrogens with one attached hydrogen (secondary N) is 1. The van der Waals surface area contributed by atoms with Gasteiger partial charge in [0, 0.05) is 38.5 Å². The highest BCUT2D eigenvalue weighted by Crippen LogP contribution is 2.38. The summed E-state index contributed by atoms with van der Waals surface area (Å²) in [5.74, 6) is -0.128. The monoisotopic (exact) mass is 527 g/mol. The number of benzene rings is 2. The van der Waals surface area contributed by atoms with Crippen molar-refractivity contribution in [2.24, 2.45) is 0 Å². The molecule has 0 bridgehead atoms. The van der Waals surface area contributed by atoms with Crippen LogP contribution in [0, 0.1) is 0 Å². The zero-order valence-corrected chi connectivity index (χ0v) is 22.1. The van der Waals surface area contributed by atoms with Gasteiger partial charge >= 0.3 is 0 Å². The van der Waals surface area contributed by atoms with Crippen molar-refractivity contribution < 1.29 is 22.7 Å². The number of amides is 1. The van der Waals surface area contributed by atoms with E-state index in [0.717, 1.165) is 57.2 Å². The van der Waals surface area contributed by atoms with E-state index >= 15 is 0 Å². The minimum Gasteiger partial charge on any atom is -0.372 e. The fourth-order valence-corrected chi connectivity index (χ4v) is 7.18. The second-order valence-electron chi connectivity index (χ2n) is 10.3. The van der Waals surface area contributed by atoms with E-state index in [-0.39, 0.29) is 29.1 Å². The fraction of sp³-hybridized carbons (Fsp3) is 0.536. The Morgan fingerprint density at radius 3 is 2.43 bits per heavy atom. The SMILES string of the molecule is O=C(CN1CC[C@@]2(CCCO2)[C@H](OCc2ccccc2)C1)Nc1ccc(S(=O)(=O)N2CCCCC2)cc1. The summed E-state index contributed by atoms with van der Waals surface area (Å²) in [6.07, 6.45) is 5.62. The summed E-state index contributed by atoms with van der Waals surface area (Å²) >= 11 is 0. The molecule has 2 atom stereocenters. The zero-order valence-electron chi connectivity index (χ0n) is 21.3. The normalized spacial score (nSPS) is 25.4. The lowest BCUT2D eigenvalue weighted by Crippen LogP contribution is -2.57. The molecule has 0 radical (unpaired) electrons. The Morgan fingerprint density at radius 1 is 0.973 bits per heavy atom. The van der Waals surface area contributed by atoms with E-state index in [1.807, 2.05) is 18.2 Å². The minimum absolute atomic E-state index is 0.101. The second kappa shape index (κ2) is 11.6. The van der Waals surface area contributed by atoms with Crippen molar-refractivity contribution in [3.05, 3.63) is 60.2 Å². The van der Waals surface area contributed by atoms with Crippen molar-refractivity contribution in [3.63, 3.8) is 0 Å². The predicted molar refractivity (Wildman–Crippen MR) is 142 cm³/mol. The molecular weight excluding hydrogens is 490 g/mol. The summed E-state index contributed by atoms with van der Waals surface area (Å²) in [7, 11) is -3.49. The van der Waals surface area contributed by atoms with Crippen molar-refractivity contribution in [2.45, 2.75) is 61.7 Å². The smallest absolute Gasteiger partial charge is 0.243 e. The highest BCUT2D eigenvalue weighted by molar-refractivity contribution is 7.89. The maximum atomic E-state index is 12.9. The third-order valence-corrected chi connectivity index (χ3v) is 9.66. The van der Waals surface area contributed by atoms with E-state index in [9.17, 15) is 13.2 Å². The van der Waals surface area contributed by atoms with Gasteiger partial charge in [-0.05, 0) is 61.9 Å². The molecule has 3 fully saturated rings. The van der Waals surface area contributed by atoms with Gasteiger partial charge in [-0.3, -0.25) is 9.69 Å². The number of carbonyl (C=O) groups is 1. The maximum Gasteiger partial charge on any atom is 0.243 e. The van der Waals surface area contributed by atoms with E-state index in [1.165, 1.54) is 0 Å². The quantitative estimate of drug-likeness (QED) is 0.564. The van der Waals surface area contributed by atoms with Crippen LogP contribution in [0.3, 0.4) is 0 Å². The van der Waals surface area contributed by atoms with Gasteiger partial charge in [-0.2, -0.15) is 4.31 Å². The molecule has 0 saturated carbocycles. The van der Waals surface area contributed by atoms with E-state index in [1.54, 1.807) is 28.6 Å². The van der Waals surface area contributed by atoms with Crippen LogP contribution < -0.4 is 5.32 Å². The maximum absolute atomic E-state index is 12.9. The molecule has 0 aliphatic carbocycles. The Hall–Kier alpha value is -2.30. The summed E-state index contributed by atoms with van der Waals surface area (Å²) < 4.78 is 39.9. The van der Waals surface area contributed by atoms with Gasteiger partial charge in [-0.1, -0.05) is 36.8 Å². The third-order valence-electron chi connectivity index (χ3n) is 7.75. The Morgan fingerprint density at radius 2 is 1.73 bits per heavy atom. The molecule has 3 saturated heterocycles. The van der Waals surface area contributed by atoms with Gasteiger partial charge in [0.15, 0.2) is 0 Å². The molecule has 0 aromatic heterocycles. The van der Waals surface area contributed by atoms with Gasteiger partial charge in [0.2, 0.25) is 15.9 Å². The molecule has 0 unspecified atom stereocenters. The van der Waals surface area contributed by atoms with E-state index in [2.05, 4.69) is 22.3 Å². The predicted octanol–water partition coefficient (Wildman–Crippen LogP) is 3.64. The van der Waals surface area contributed by atoms with Crippen LogP contribution in [0.15, 0.2) is 59.5 Å². The van der Waals surface area contributed by atoms with Crippen LogP contribution in [-0.4, -0.2) is 74.6 Å². The highest BCUT2D eigenvalue weighted by atomic mass is 32.2. The molecule has 1 amide bonds. The number of piperidine rings is 2. The Labute approximate surface area is 220 Å². The minimum atomic E-state index is -3.49. The van der Waals surface area contributed by atoms with Crippen molar-refractivity contribution in [1.82, 2.24) is 9.21 Å². The molecule has 2 aromatic carbocycles. The van der Waals surface area contributed by atoms with Crippen LogP contribution in [0.1, 0.15) is 44.1 Å². The lowest BCUT2D eigenvalue weighted by molar-refractivity contribution is -0.159. The summed E-state index contributed by atoms with van der Waals surface area (Å²) in [6, 6.07) is 16.6. The van der Waals surface area contributed by atoms with Crippen LogP contribution in [-0.2, 0) is 30.9 Å². The Kier molecular flexibility index (Phi) is 8.26. The van der Waals surface area contributed by atoms with Crippen molar-refractivity contribution in [3.8, 4) is 0 Å².